The predicted octanol–water partition coefficient (Wildman–Crippen LogP) is 2.78. The van der Waals surface area contributed by atoms with Crippen molar-refractivity contribution in [2.75, 3.05) is 14.2 Å². The predicted molar refractivity (Wildman–Crippen MR) is 102 cm³/mol. The molecule has 0 aliphatic heterocycles. The van der Waals surface area contributed by atoms with Gasteiger partial charge in [-0.15, -0.1) is 24.0 Å². The first-order valence-corrected chi connectivity index (χ1v) is 7.69. The van der Waals surface area contributed by atoms with Crippen molar-refractivity contribution in [1.82, 2.24) is 15.8 Å². The van der Waals surface area contributed by atoms with Crippen LogP contribution in [0.4, 0.5) is 0 Å². The van der Waals surface area contributed by atoms with E-state index in [-0.39, 0.29) is 35.0 Å². The standard InChI is InChI=1S/C16H28N4O2.HI/c1-10-12(11(2)22-20-10)9-18-14(17-6)19-13-8-16(5,21-7)15(13,3)4;/h13H,8-9H2,1-7H3,(H2,17,18,19);1H. The molecule has 0 amide bonds. The van der Waals surface area contributed by atoms with E-state index in [2.05, 4.69) is 41.6 Å². The summed E-state index contributed by atoms with van der Waals surface area (Å²) >= 11 is 0. The first kappa shape index (κ1) is 20.2. The number of halogens is 1. The van der Waals surface area contributed by atoms with E-state index >= 15 is 0 Å². The molecule has 132 valence electrons. The van der Waals surface area contributed by atoms with Gasteiger partial charge in [0, 0.05) is 37.7 Å². The summed E-state index contributed by atoms with van der Waals surface area (Å²) in [5.74, 6) is 1.63. The minimum Gasteiger partial charge on any atom is -0.378 e. The van der Waals surface area contributed by atoms with Crippen molar-refractivity contribution in [3.05, 3.63) is 17.0 Å². The van der Waals surface area contributed by atoms with Gasteiger partial charge in [-0.25, -0.2) is 0 Å². The Hall–Kier alpha value is -0.830. The van der Waals surface area contributed by atoms with Crippen LogP contribution in [0.25, 0.3) is 0 Å². The van der Waals surface area contributed by atoms with Gasteiger partial charge in [0.05, 0.1) is 11.3 Å². The molecule has 1 aromatic heterocycles. The van der Waals surface area contributed by atoms with Crippen molar-refractivity contribution in [2.24, 2.45) is 10.4 Å². The van der Waals surface area contributed by atoms with Crippen LogP contribution >= 0.6 is 24.0 Å². The van der Waals surface area contributed by atoms with Crippen LogP contribution in [0.15, 0.2) is 9.52 Å². The average Bonchev–Trinajstić information content (AvgIpc) is 2.81. The summed E-state index contributed by atoms with van der Waals surface area (Å²) in [5, 5.41) is 10.8. The lowest BCUT2D eigenvalue weighted by atomic mass is 9.56. The molecule has 1 aromatic rings. The normalized spacial score (nSPS) is 26.2. The number of nitrogens with one attached hydrogen (secondary N) is 2. The van der Waals surface area contributed by atoms with Crippen LogP contribution in [-0.4, -0.2) is 36.9 Å². The first-order chi connectivity index (χ1) is 10.2. The van der Waals surface area contributed by atoms with Gasteiger partial charge < -0.3 is 19.9 Å². The zero-order chi connectivity index (χ0) is 16.5. The second-order valence-corrected chi connectivity index (χ2v) is 6.79. The summed E-state index contributed by atoms with van der Waals surface area (Å²) in [6, 6.07) is 0.327. The average molecular weight is 436 g/mol. The monoisotopic (exact) mass is 436 g/mol. The minimum atomic E-state index is -0.0921. The Morgan fingerprint density at radius 3 is 2.48 bits per heavy atom. The topological polar surface area (TPSA) is 71.7 Å². The van der Waals surface area contributed by atoms with E-state index in [1.807, 2.05) is 13.8 Å². The van der Waals surface area contributed by atoms with Crippen LogP contribution in [-0.2, 0) is 11.3 Å². The molecule has 6 nitrogen and oxygen atoms in total. The molecule has 2 rings (SSSR count). The summed E-state index contributed by atoms with van der Waals surface area (Å²) in [4.78, 5) is 4.31. The van der Waals surface area contributed by atoms with Crippen LogP contribution < -0.4 is 10.6 Å². The van der Waals surface area contributed by atoms with Crippen molar-refractivity contribution in [2.45, 2.75) is 59.2 Å². The Labute approximate surface area is 155 Å². The maximum absolute atomic E-state index is 5.66. The number of aliphatic imine (C=N–C) groups is 1. The minimum absolute atomic E-state index is 0. The summed E-state index contributed by atoms with van der Waals surface area (Å²) in [6.07, 6.45) is 0.961. The maximum atomic E-state index is 5.66. The van der Waals surface area contributed by atoms with Crippen molar-refractivity contribution >= 4 is 29.9 Å². The number of nitrogens with zero attached hydrogens (tertiary/aromatic N) is 2. The molecule has 0 spiro atoms. The molecule has 0 saturated heterocycles. The number of guanidine groups is 1. The van der Waals surface area contributed by atoms with Gasteiger partial charge in [0.15, 0.2) is 5.96 Å². The van der Waals surface area contributed by atoms with E-state index in [1.54, 1.807) is 14.2 Å². The van der Waals surface area contributed by atoms with Gasteiger partial charge >= 0.3 is 0 Å². The van der Waals surface area contributed by atoms with Gasteiger partial charge in [-0.3, -0.25) is 4.99 Å². The number of aryl methyl sites for hydroxylation is 2. The Bertz CT molecular complexity index is 551. The third-order valence-corrected chi connectivity index (χ3v) is 5.43. The quantitative estimate of drug-likeness (QED) is 0.432. The Morgan fingerprint density at radius 1 is 1.39 bits per heavy atom. The number of hydrogen-bond donors (Lipinski definition) is 2. The highest BCUT2D eigenvalue weighted by atomic mass is 127. The fraction of sp³-hybridized carbons (Fsp3) is 0.750. The molecule has 1 saturated carbocycles. The number of methoxy groups -OCH3 is 1. The molecule has 1 fully saturated rings. The smallest absolute Gasteiger partial charge is 0.191 e. The Kier molecular flexibility index (Phi) is 6.48. The van der Waals surface area contributed by atoms with Gasteiger partial charge in [0.25, 0.3) is 0 Å². The van der Waals surface area contributed by atoms with E-state index in [9.17, 15) is 0 Å². The third kappa shape index (κ3) is 3.65. The maximum Gasteiger partial charge on any atom is 0.191 e. The molecule has 0 aromatic carbocycles. The molecule has 2 atom stereocenters. The fourth-order valence-corrected chi connectivity index (χ4v) is 3.01. The van der Waals surface area contributed by atoms with Crippen LogP contribution in [0.3, 0.4) is 0 Å². The SMILES string of the molecule is CN=C(NCc1c(C)noc1C)NC1CC(C)(OC)C1(C)C.I. The highest BCUT2D eigenvalue weighted by molar-refractivity contribution is 14.0. The molecule has 2 unspecified atom stereocenters. The lowest BCUT2D eigenvalue weighted by molar-refractivity contribution is -0.176. The van der Waals surface area contributed by atoms with E-state index < -0.39 is 0 Å². The Balaban J connectivity index is 0.00000264. The highest BCUT2D eigenvalue weighted by Crippen LogP contribution is 2.51. The molecule has 2 N–H and O–H groups in total. The lowest BCUT2D eigenvalue weighted by Crippen LogP contribution is -2.69. The van der Waals surface area contributed by atoms with Crippen molar-refractivity contribution in [3.8, 4) is 0 Å². The van der Waals surface area contributed by atoms with Gasteiger partial charge in [-0.2, -0.15) is 0 Å². The van der Waals surface area contributed by atoms with E-state index in [0.717, 1.165) is 29.4 Å². The second-order valence-electron chi connectivity index (χ2n) is 6.79. The molecular weight excluding hydrogens is 407 g/mol. The molecule has 7 heteroatoms. The molecule has 1 aliphatic carbocycles. The van der Waals surface area contributed by atoms with Crippen LogP contribution in [0, 0.1) is 19.3 Å². The van der Waals surface area contributed by atoms with Crippen molar-refractivity contribution in [1.29, 1.82) is 0 Å². The van der Waals surface area contributed by atoms with Gasteiger partial charge in [0.1, 0.15) is 5.76 Å². The van der Waals surface area contributed by atoms with Gasteiger partial charge in [-0.1, -0.05) is 19.0 Å². The molecule has 23 heavy (non-hydrogen) atoms. The number of rotatable bonds is 4. The fourth-order valence-electron chi connectivity index (χ4n) is 3.01. The largest absolute Gasteiger partial charge is 0.378 e. The Morgan fingerprint density at radius 2 is 2.04 bits per heavy atom. The summed E-state index contributed by atoms with van der Waals surface area (Å²) in [7, 11) is 3.56. The zero-order valence-electron chi connectivity index (χ0n) is 15.1. The van der Waals surface area contributed by atoms with Crippen LogP contribution in [0.5, 0.6) is 0 Å². The van der Waals surface area contributed by atoms with Gasteiger partial charge in [0.2, 0.25) is 0 Å². The molecule has 1 aliphatic rings. The molecule has 0 bridgehead atoms. The molecule has 0 radical (unpaired) electrons. The van der Waals surface area contributed by atoms with Gasteiger partial charge in [-0.05, 0) is 27.2 Å². The number of ether oxygens (including phenoxy) is 1. The number of aromatic nitrogens is 1. The number of hydrogen-bond acceptors (Lipinski definition) is 4. The van der Waals surface area contributed by atoms with Crippen LogP contribution in [0.1, 0.15) is 44.2 Å². The van der Waals surface area contributed by atoms with Crippen molar-refractivity contribution < 1.29 is 9.26 Å². The van der Waals surface area contributed by atoms with Crippen LogP contribution in [0.2, 0.25) is 0 Å². The van der Waals surface area contributed by atoms with E-state index in [4.69, 9.17) is 9.26 Å². The van der Waals surface area contributed by atoms with E-state index in [0.29, 0.717) is 12.6 Å². The molecule has 1 heterocycles. The lowest BCUT2D eigenvalue weighted by Gasteiger charge is -2.59. The second kappa shape index (κ2) is 7.38. The zero-order valence-corrected chi connectivity index (χ0v) is 17.4. The third-order valence-electron chi connectivity index (χ3n) is 5.43. The molecular formula is C16H29IN4O2. The summed E-state index contributed by atoms with van der Waals surface area (Å²) < 4.78 is 10.8. The highest BCUT2D eigenvalue weighted by Gasteiger charge is 2.58. The summed E-state index contributed by atoms with van der Waals surface area (Å²) in [6.45, 7) is 11.1. The first-order valence-electron chi connectivity index (χ1n) is 7.69. The summed E-state index contributed by atoms with van der Waals surface area (Å²) in [5.41, 5.74) is 1.95. The van der Waals surface area contributed by atoms with Crippen molar-refractivity contribution in [3.63, 3.8) is 0 Å². The van der Waals surface area contributed by atoms with E-state index in [1.165, 1.54) is 0 Å².